The summed E-state index contributed by atoms with van der Waals surface area (Å²) in [6, 6.07) is 4.90. The third kappa shape index (κ3) is 5.72. The number of fused-ring (bicyclic) bond motifs is 1. The van der Waals surface area contributed by atoms with Crippen LogP contribution >= 0.6 is 0 Å². The molecule has 8 heteroatoms. The van der Waals surface area contributed by atoms with Crippen LogP contribution in [0.2, 0.25) is 0 Å². The van der Waals surface area contributed by atoms with Crippen LogP contribution in [0.25, 0.3) is 5.65 Å². The Labute approximate surface area is 153 Å². The van der Waals surface area contributed by atoms with Gasteiger partial charge in [0.2, 0.25) is 5.91 Å². The van der Waals surface area contributed by atoms with Gasteiger partial charge in [-0.25, -0.2) is 4.79 Å². The molecule has 2 aromatic heterocycles. The number of nitrogens with zero attached hydrogens (tertiary/aromatic N) is 3. The first-order valence-electron chi connectivity index (χ1n) is 8.71. The number of hydrogen-bond donors (Lipinski definition) is 2. The number of nitrogens with one attached hydrogen (secondary N) is 2. The van der Waals surface area contributed by atoms with E-state index in [1.807, 2.05) is 38.2 Å². The van der Waals surface area contributed by atoms with Crippen LogP contribution in [-0.2, 0) is 16.1 Å². The molecule has 0 saturated carbocycles. The van der Waals surface area contributed by atoms with E-state index in [2.05, 4.69) is 20.8 Å². The van der Waals surface area contributed by atoms with Crippen molar-refractivity contribution in [1.29, 1.82) is 0 Å². The lowest BCUT2D eigenvalue weighted by Crippen LogP contribution is -2.48. The van der Waals surface area contributed by atoms with E-state index in [1.165, 1.54) is 0 Å². The molecule has 2 amide bonds. The molecule has 2 heterocycles. The van der Waals surface area contributed by atoms with Crippen LogP contribution in [-0.4, -0.2) is 38.2 Å². The number of carbonyl (C=O) groups is 2. The lowest BCUT2D eigenvalue weighted by Gasteiger charge is -2.24. The summed E-state index contributed by atoms with van der Waals surface area (Å²) >= 11 is 0. The minimum atomic E-state index is -0.677. The molecule has 0 radical (unpaired) electrons. The maximum absolute atomic E-state index is 12.6. The molecule has 26 heavy (non-hydrogen) atoms. The Morgan fingerprint density at radius 2 is 1.96 bits per heavy atom. The van der Waals surface area contributed by atoms with Crippen LogP contribution < -0.4 is 10.6 Å². The van der Waals surface area contributed by atoms with Crippen LogP contribution in [0.5, 0.6) is 0 Å². The monoisotopic (exact) mass is 361 g/mol. The van der Waals surface area contributed by atoms with E-state index in [0.29, 0.717) is 17.9 Å². The summed E-state index contributed by atoms with van der Waals surface area (Å²) in [7, 11) is 0. The minimum absolute atomic E-state index is 0.217. The van der Waals surface area contributed by atoms with Gasteiger partial charge in [-0.1, -0.05) is 19.9 Å². The van der Waals surface area contributed by atoms with Crippen LogP contribution in [0.4, 0.5) is 4.79 Å². The van der Waals surface area contributed by atoms with Crippen molar-refractivity contribution >= 4 is 17.6 Å². The fraction of sp³-hybridized carbons (Fsp3) is 0.556. The minimum Gasteiger partial charge on any atom is -0.444 e. The second-order valence-electron chi connectivity index (χ2n) is 7.59. The van der Waals surface area contributed by atoms with Crippen molar-refractivity contribution in [3.8, 4) is 0 Å². The van der Waals surface area contributed by atoms with E-state index in [9.17, 15) is 9.59 Å². The van der Waals surface area contributed by atoms with Crippen LogP contribution in [0.15, 0.2) is 24.4 Å². The maximum atomic E-state index is 12.6. The van der Waals surface area contributed by atoms with Gasteiger partial charge in [-0.3, -0.25) is 9.20 Å². The first-order valence-corrected chi connectivity index (χ1v) is 8.71. The van der Waals surface area contributed by atoms with Gasteiger partial charge >= 0.3 is 6.09 Å². The third-order valence-corrected chi connectivity index (χ3v) is 3.52. The SMILES string of the molecule is CC(C)CC(NC(=O)OC(C)(C)C)C(=O)NCc1nnc2ccccn12. The quantitative estimate of drug-likeness (QED) is 0.823. The van der Waals surface area contributed by atoms with E-state index < -0.39 is 17.7 Å². The number of alkyl carbamates (subject to hydrolysis) is 1. The number of ether oxygens (including phenoxy) is 1. The number of pyridine rings is 1. The molecule has 2 N–H and O–H groups in total. The molecule has 2 rings (SSSR count). The second kappa shape index (κ2) is 8.16. The molecular formula is C18H27N5O3. The van der Waals surface area contributed by atoms with Crippen molar-refractivity contribution in [3.05, 3.63) is 30.2 Å². The van der Waals surface area contributed by atoms with Gasteiger partial charge in [0.25, 0.3) is 0 Å². The number of amides is 2. The molecule has 0 spiro atoms. The Balaban J connectivity index is 2.00. The van der Waals surface area contributed by atoms with Gasteiger partial charge in [0, 0.05) is 6.20 Å². The smallest absolute Gasteiger partial charge is 0.408 e. The molecule has 8 nitrogen and oxygen atoms in total. The summed E-state index contributed by atoms with van der Waals surface area (Å²) < 4.78 is 7.06. The Bertz CT molecular complexity index is 764. The molecule has 2 aromatic rings. The fourth-order valence-electron chi connectivity index (χ4n) is 2.45. The molecule has 0 aliphatic carbocycles. The average molecular weight is 361 g/mol. The zero-order valence-electron chi connectivity index (χ0n) is 15.9. The van der Waals surface area contributed by atoms with Crippen molar-refractivity contribution in [2.24, 2.45) is 5.92 Å². The number of aromatic nitrogens is 3. The topological polar surface area (TPSA) is 97.6 Å². The zero-order chi connectivity index (χ0) is 19.3. The predicted molar refractivity (Wildman–Crippen MR) is 97.4 cm³/mol. The number of rotatable bonds is 6. The molecule has 0 bridgehead atoms. The van der Waals surface area contributed by atoms with Gasteiger partial charge in [0.15, 0.2) is 11.5 Å². The highest BCUT2D eigenvalue weighted by molar-refractivity contribution is 5.85. The molecular weight excluding hydrogens is 334 g/mol. The highest BCUT2D eigenvalue weighted by Crippen LogP contribution is 2.10. The zero-order valence-corrected chi connectivity index (χ0v) is 15.9. The first kappa shape index (κ1) is 19.7. The van der Waals surface area contributed by atoms with Gasteiger partial charge in [0.1, 0.15) is 11.6 Å². The van der Waals surface area contributed by atoms with Gasteiger partial charge in [-0.15, -0.1) is 10.2 Å². The number of hydrogen-bond acceptors (Lipinski definition) is 5. The Hall–Kier alpha value is -2.64. The molecule has 0 aromatic carbocycles. The van der Waals surface area contributed by atoms with Gasteiger partial charge in [0.05, 0.1) is 6.54 Å². The van der Waals surface area contributed by atoms with Gasteiger partial charge in [-0.2, -0.15) is 0 Å². The summed E-state index contributed by atoms with van der Waals surface area (Å²) in [4.78, 5) is 24.6. The summed E-state index contributed by atoms with van der Waals surface area (Å²) in [6.07, 6.45) is 1.73. The molecule has 142 valence electrons. The van der Waals surface area contributed by atoms with E-state index in [0.717, 1.165) is 0 Å². The standard InChI is InChI=1S/C18H27N5O3/c1-12(2)10-13(20-17(25)26-18(3,4)5)16(24)19-11-15-22-21-14-8-6-7-9-23(14)15/h6-9,12-13H,10-11H2,1-5H3,(H,19,24)(H,20,25). The largest absolute Gasteiger partial charge is 0.444 e. The summed E-state index contributed by atoms with van der Waals surface area (Å²) in [6.45, 7) is 9.53. The van der Waals surface area contributed by atoms with Crippen molar-refractivity contribution in [3.63, 3.8) is 0 Å². The van der Waals surface area contributed by atoms with E-state index in [4.69, 9.17) is 4.74 Å². The summed E-state index contributed by atoms with van der Waals surface area (Å²) in [5.74, 6) is 0.571. The van der Waals surface area contributed by atoms with Crippen molar-refractivity contribution in [1.82, 2.24) is 25.2 Å². The summed E-state index contributed by atoms with van der Waals surface area (Å²) in [5.41, 5.74) is 0.0889. The molecule has 0 aliphatic heterocycles. The lowest BCUT2D eigenvalue weighted by atomic mass is 10.0. The van der Waals surface area contributed by atoms with E-state index >= 15 is 0 Å². The predicted octanol–water partition coefficient (Wildman–Crippen LogP) is 2.28. The lowest BCUT2D eigenvalue weighted by molar-refractivity contribution is -0.123. The average Bonchev–Trinajstić information content (AvgIpc) is 2.93. The Morgan fingerprint density at radius 1 is 1.23 bits per heavy atom. The van der Waals surface area contributed by atoms with Crippen molar-refractivity contribution < 1.29 is 14.3 Å². The van der Waals surface area contributed by atoms with Crippen LogP contribution in [0.3, 0.4) is 0 Å². The first-order chi connectivity index (χ1) is 12.2. The number of carbonyl (C=O) groups excluding carboxylic acids is 2. The Morgan fingerprint density at radius 3 is 2.62 bits per heavy atom. The highest BCUT2D eigenvalue weighted by atomic mass is 16.6. The van der Waals surface area contributed by atoms with Crippen LogP contribution in [0, 0.1) is 5.92 Å². The second-order valence-corrected chi connectivity index (χ2v) is 7.59. The molecule has 1 unspecified atom stereocenters. The molecule has 0 saturated heterocycles. The van der Waals surface area contributed by atoms with E-state index in [-0.39, 0.29) is 18.4 Å². The fourth-order valence-corrected chi connectivity index (χ4v) is 2.45. The molecule has 0 aliphatic rings. The van der Waals surface area contributed by atoms with Crippen LogP contribution in [0.1, 0.15) is 46.9 Å². The van der Waals surface area contributed by atoms with Crippen molar-refractivity contribution in [2.45, 2.75) is 59.2 Å². The third-order valence-electron chi connectivity index (χ3n) is 3.52. The normalized spacial score (nSPS) is 12.8. The highest BCUT2D eigenvalue weighted by Gasteiger charge is 2.25. The molecule has 0 fully saturated rings. The maximum Gasteiger partial charge on any atom is 0.408 e. The summed E-state index contributed by atoms with van der Waals surface area (Å²) in [5, 5.41) is 13.6. The van der Waals surface area contributed by atoms with E-state index in [1.54, 1.807) is 25.2 Å². The Kier molecular flexibility index (Phi) is 6.18. The molecule has 1 atom stereocenters. The van der Waals surface area contributed by atoms with Crippen molar-refractivity contribution in [2.75, 3.05) is 0 Å². The van der Waals surface area contributed by atoms with Gasteiger partial charge < -0.3 is 15.4 Å². The van der Waals surface area contributed by atoms with Gasteiger partial charge in [-0.05, 0) is 45.2 Å².